The Bertz CT molecular complexity index is 1540. The lowest BCUT2D eigenvalue weighted by atomic mass is 9.78. The number of aldehydes is 1. The van der Waals surface area contributed by atoms with E-state index in [1.807, 2.05) is 23.1 Å². The summed E-state index contributed by atoms with van der Waals surface area (Å²) in [6, 6.07) is 6.65. The van der Waals surface area contributed by atoms with Gasteiger partial charge < -0.3 is 26.1 Å². The third-order valence-electron chi connectivity index (χ3n) is 7.90. The minimum atomic E-state index is -1.02. The quantitative estimate of drug-likeness (QED) is 0.327. The topological polar surface area (TPSA) is 150 Å². The number of amides is 4. The van der Waals surface area contributed by atoms with Gasteiger partial charge in [-0.3, -0.25) is 14.7 Å². The summed E-state index contributed by atoms with van der Waals surface area (Å²) in [4.78, 5) is 52.1. The van der Waals surface area contributed by atoms with Gasteiger partial charge in [0, 0.05) is 37.0 Å². The molecule has 0 spiro atoms. The van der Waals surface area contributed by atoms with E-state index in [1.165, 1.54) is 0 Å². The van der Waals surface area contributed by atoms with Gasteiger partial charge in [0.05, 0.1) is 22.7 Å². The van der Waals surface area contributed by atoms with Crippen LogP contribution in [0.5, 0.6) is 0 Å². The van der Waals surface area contributed by atoms with Crippen molar-refractivity contribution in [1.82, 2.24) is 20.4 Å². The molecular formula is C30H35ClN6O4. The van der Waals surface area contributed by atoms with Crippen molar-refractivity contribution in [3.8, 4) is 0 Å². The number of carbonyl (C=O) groups is 4. The standard InChI is InChI=1S/C30H35ClN6O4/c1-29(2,3)15-37-14-23-19(10-24(31)26-22(23)13-33-36-26)8-20(27(37)40)11-25(39)34-21-5-4-18-12-30(16-38,35-28(32)41)7-6-17(18)9-21/h4-5,9-10,13,16,20H,6-8,11-12,14-15H2,1-3H3,(H,33,36)(H,34,39)(H3,32,35,41)/t20-,30?/m0/s1. The monoisotopic (exact) mass is 578 g/mol. The number of aromatic nitrogens is 2. The number of carbonyl (C=O) groups excluding carboxylic acids is 4. The van der Waals surface area contributed by atoms with Gasteiger partial charge in [-0.2, -0.15) is 5.10 Å². The van der Waals surface area contributed by atoms with Crippen LogP contribution in [0.2, 0.25) is 5.02 Å². The molecule has 1 aliphatic heterocycles. The smallest absolute Gasteiger partial charge is 0.312 e. The highest BCUT2D eigenvalue weighted by Crippen LogP contribution is 2.35. The molecule has 0 fully saturated rings. The first kappa shape index (κ1) is 28.6. The summed E-state index contributed by atoms with van der Waals surface area (Å²) in [6.07, 6.45) is 4.19. The number of rotatable bonds is 6. The number of aromatic amines is 1. The predicted octanol–water partition coefficient (Wildman–Crippen LogP) is 3.89. The molecule has 5 rings (SSSR count). The minimum absolute atomic E-state index is 0.0217. The van der Waals surface area contributed by atoms with Crippen LogP contribution in [0.3, 0.4) is 0 Å². The van der Waals surface area contributed by atoms with Gasteiger partial charge in [-0.25, -0.2) is 4.79 Å². The maximum Gasteiger partial charge on any atom is 0.312 e. The molecule has 1 unspecified atom stereocenters. The average molecular weight is 579 g/mol. The molecule has 11 heteroatoms. The summed E-state index contributed by atoms with van der Waals surface area (Å²) in [5, 5.41) is 14.1. The Morgan fingerprint density at radius 2 is 2.02 bits per heavy atom. The van der Waals surface area contributed by atoms with Crippen molar-refractivity contribution in [3.05, 3.63) is 57.7 Å². The first-order chi connectivity index (χ1) is 19.4. The van der Waals surface area contributed by atoms with Crippen LogP contribution in [-0.4, -0.2) is 51.3 Å². The molecule has 10 nitrogen and oxygen atoms in total. The van der Waals surface area contributed by atoms with Gasteiger partial charge in [0.1, 0.15) is 11.8 Å². The fraction of sp³-hybridized carbons (Fsp3) is 0.433. The lowest BCUT2D eigenvalue weighted by Crippen LogP contribution is -2.55. The molecule has 5 N–H and O–H groups in total. The Balaban J connectivity index is 1.35. The molecule has 0 saturated heterocycles. The Hall–Kier alpha value is -3.92. The van der Waals surface area contributed by atoms with Crippen molar-refractivity contribution in [3.63, 3.8) is 0 Å². The third-order valence-corrected chi connectivity index (χ3v) is 8.20. The Kier molecular flexibility index (Phi) is 7.54. The number of halogens is 1. The van der Waals surface area contributed by atoms with E-state index in [9.17, 15) is 19.2 Å². The number of hydrogen-bond acceptors (Lipinski definition) is 5. The maximum atomic E-state index is 13.8. The number of fused-ring (bicyclic) bond motifs is 4. The first-order valence-electron chi connectivity index (χ1n) is 13.7. The van der Waals surface area contributed by atoms with Gasteiger partial charge in [0.15, 0.2) is 0 Å². The zero-order valence-electron chi connectivity index (χ0n) is 23.5. The van der Waals surface area contributed by atoms with E-state index in [-0.39, 0.29) is 23.7 Å². The highest BCUT2D eigenvalue weighted by molar-refractivity contribution is 6.35. The number of nitrogens with one attached hydrogen (secondary N) is 3. The van der Waals surface area contributed by atoms with Gasteiger partial charge in [-0.15, -0.1) is 0 Å². The van der Waals surface area contributed by atoms with Crippen LogP contribution in [-0.2, 0) is 40.2 Å². The second kappa shape index (κ2) is 10.8. The molecule has 4 amide bonds. The van der Waals surface area contributed by atoms with E-state index in [0.717, 1.165) is 39.4 Å². The molecule has 41 heavy (non-hydrogen) atoms. The van der Waals surface area contributed by atoms with Crippen LogP contribution < -0.4 is 16.4 Å². The fourth-order valence-electron chi connectivity index (χ4n) is 6.11. The molecule has 0 bridgehead atoms. The van der Waals surface area contributed by atoms with Gasteiger partial charge in [0.25, 0.3) is 0 Å². The molecule has 0 radical (unpaired) electrons. The number of benzene rings is 2. The summed E-state index contributed by atoms with van der Waals surface area (Å²) in [5.41, 5.74) is 9.33. The second-order valence-electron chi connectivity index (χ2n) is 12.5. The van der Waals surface area contributed by atoms with E-state index in [4.69, 9.17) is 17.3 Å². The van der Waals surface area contributed by atoms with E-state index >= 15 is 0 Å². The van der Waals surface area contributed by atoms with E-state index in [0.29, 0.717) is 49.5 Å². The molecule has 1 aromatic heterocycles. The summed E-state index contributed by atoms with van der Waals surface area (Å²) in [5.74, 6) is -0.868. The van der Waals surface area contributed by atoms with Crippen molar-refractivity contribution in [2.75, 3.05) is 11.9 Å². The SMILES string of the molecule is CC(C)(C)CN1Cc2c(cc(Cl)c3[nH]ncc23)C[C@@H](CC(=O)Nc2ccc3c(c2)CCC(C=O)(NC(N)=O)C3)C1=O. The Morgan fingerprint density at radius 3 is 2.73 bits per heavy atom. The molecule has 2 heterocycles. The number of nitrogens with two attached hydrogens (primary N) is 1. The highest BCUT2D eigenvalue weighted by Gasteiger charge is 2.36. The van der Waals surface area contributed by atoms with Crippen molar-refractivity contribution in [1.29, 1.82) is 0 Å². The first-order valence-corrected chi connectivity index (χ1v) is 14.1. The normalized spacial score (nSPS) is 20.6. The summed E-state index contributed by atoms with van der Waals surface area (Å²) >= 11 is 6.54. The minimum Gasteiger partial charge on any atom is -0.352 e. The number of primary amides is 1. The second-order valence-corrected chi connectivity index (χ2v) is 12.9. The molecule has 2 aliphatic rings. The number of H-pyrrole nitrogens is 1. The molecule has 2 atom stereocenters. The number of urea groups is 1. The van der Waals surface area contributed by atoms with Gasteiger partial charge in [-0.05, 0) is 65.1 Å². The van der Waals surface area contributed by atoms with Gasteiger partial charge in [0.2, 0.25) is 11.8 Å². The highest BCUT2D eigenvalue weighted by atomic mass is 35.5. The van der Waals surface area contributed by atoms with Crippen LogP contribution >= 0.6 is 11.6 Å². The number of nitrogens with zero attached hydrogens (tertiary/aromatic N) is 2. The van der Waals surface area contributed by atoms with Crippen LogP contribution in [0.1, 0.15) is 55.9 Å². The van der Waals surface area contributed by atoms with E-state index < -0.39 is 17.5 Å². The van der Waals surface area contributed by atoms with Crippen LogP contribution in [0.25, 0.3) is 10.9 Å². The Morgan fingerprint density at radius 1 is 1.24 bits per heavy atom. The number of anilines is 1. The average Bonchev–Trinajstić information content (AvgIpc) is 3.35. The molecule has 216 valence electrons. The number of aryl methyl sites for hydroxylation is 1. The van der Waals surface area contributed by atoms with Crippen LogP contribution in [0, 0.1) is 11.3 Å². The molecule has 1 aliphatic carbocycles. The third kappa shape index (κ3) is 6.07. The van der Waals surface area contributed by atoms with Crippen molar-refractivity contribution in [2.45, 2.75) is 65.0 Å². The fourth-order valence-corrected chi connectivity index (χ4v) is 6.39. The molecular weight excluding hydrogens is 544 g/mol. The largest absolute Gasteiger partial charge is 0.352 e. The lowest BCUT2D eigenvalue weighted by Gasteiger charge is -2.34. The molecule has 0 saturated carbocycles. The summed E-state index contributed by atoms with van der Waals surface area (Å²) in [7, 11) is 0. The van der Waals surface area contributed by atoms with Crippen molar-refractivity contribution < 1.29 is 19.2 Å². The zero-order chi connectivity index (χ0) is 29.5. The predicted molar refractivity (Wildman–Crippen MR) is 156 cm³/mol. The van der Waals surface area contributed by atoms with Crippen molar-refractivity contribution >= 4 is 52.3 Å². The molecule has 2 aromatic carbocycles. The van der Waals surface area contributed by atoms with Crippen molar-refractivity contribution in [2.24, 2.45) is 17.1 Å². The summed E-state index contributed by atoms with van der Waals surface area (Å²) < 4.78 is 0. The summed E-state index contributed by atoms with van der Waals surface area (Å²) in [6.45, 7) is 7.23. The molecule has 3 aromatic rings. The Labute approximate surface area is 243 Å². The van der Waals surface area contributed by atoms with Crippen LogP contribution in [0.15, 0.2) is 30.5 Å². The van der Waals surface area contributed by atoms with Gasteiger partial charge in [-0.1, -0.05) is 38.4 Å². The van der Waals surface area contributed by atoms with E-state index in [2.05, 4.69) is 41.6 Å². The number of hydrogen-bond donors (Lipinski definition) is 4. The van der Waals surface area contributed by atoms with Gasteiger partial charge >= 0.3 is 6.03 Å². The maximum absolute atomic E-state index is 13.8. The zero-order valence-corrected chi connectivity index (χ0v) is 24.2. The van der Waals surface area contributed by atoms with Crippen LogP contribution in [0.4, 0.5) is 10.5 Å². The van der Waals surface area contributed by atoms with E-state index in [1.54, 1.807) is 12.3 Å². The lowest BCUT2D eigenvalue weighted by molar-refractivity contribution is -0.139.